The van der Waals surface area contributed by atoms with Crippen LogP contribution in [0.4, 0.5) is 0 Å². The molecule has 122 valence electrons. The van der Waals surface area contributed by atoms with Crippen molar-refractivity contribution in [2.75, 3.05) is 6.54 Å². The van der Waals surface area contributed by atoms with Crippen molar-refractivity contribution in [3.05, 3.63) is 59.7 Å². The first kappa shape index (κ1) is 16.7. The zero-order valence-corrected chi connectivity index (χ0v) is 14.0. The second-order valence-electron chi connectivity index (χ2n) is 5.40. The number of aliphatic imine (C=N–C) groups is 1. The highest BCUT2D eigenvalue weighted by Crippen LogP contribution is 2.04. The largest absolute Gasteiger partial charge is 0.353 e. The highest BCUT2D eigenvalue weighted by atomic mass is 15.3. The highest BCUT2D eigenvalue weighted by Gasteiger charge is 2.05. The SMILES string of the molecule is C=CCNC(=NCc1ccc(C)cc1)NCc1nnc(C)n1C. The summed E-state index contributed by atoms with van der Waals surface area (Å²) in [6.45, 7) is 9.56. The first-order valence-corrected chi connectivity index (χ1v) is 7.63. The first-order valence-electron chi connectivity index (χ1n) is 7.63. The van der Waals surface area contributed by atoms with Crippen LogP contribution in [-0.4, -0.2) is 27.3 Å². The van der Waals surface area contributed by atoms with Crippen molar-refractivity contribution >= 4 is 5.96 Å². The fourth-order valence-electron chi connectivity index (χ4n) is 1.97. The van der Waals surface area contributed by atoms with Crippen LogP contribution in [0.15, 0.2) is 41.9 Å². The van der Waals surface area contributed by atoms with Crippen molar-refractivity contribution in [2.45, 2.75) is 26.9 Å². The number of aryl methyl sites for hydroxylation is 2. The predicted octanol–water partition coefficient (Wildman–Crippen LogP) is 1.85. The summed E-state index contributed by atoms with van der Waals surface area (Å²) in [4.78, 5) is 4.60. The summed E-state index contributed by atoms with van der Waals surface area (Å²) in [7, 11) is 1.95. The fourth-order valence-corrected chi connectivity index (χ4v) is 1.97. The van der Waals surface area contributed by atoms with Crippen LogP contribution in [0.25, 0.3) is 0 Å². The number of benzene rings is 1. The molecule has 0 fully saturated rings. The predicted molar refractivity (Wildman–Crippen MR) is 93.1 cm³/mol. The maximum Gasteiger partial charge on any atom is 0.192 e. The fraction of sp³-hybridized carbons (Fsp3) is 0.353. The third kappa shape index (κ3) is 4.95. The van der Waals surface area contributed by atoms with E-state index < -0.39 is 0 Å². The zero-order chi connectivity index (χ0) is 16.7. The number of rotatable bonds is 6. The summed E-state index contributed by atoms with van der Waals surface area (Å²) in [5.41, 5.74) is 2.42. The van der Waals surface area contributed by atoms with Crippen LogP contribution in [-0.2, 0) is 20.1 Å². The molecule has 0 atom stereocenters. The van der Waals surface area contributed by atoms with Crippen LogP contribution in [0.1, 0.15) is 22.8 Å². The molecule has 1 heterocycles. The molecule has 2 aromatic rings. The first-order chi connectivity index (χ1) is 11.1. The molecule has 1 aromatic heterocycles. The van der Waals surface area contributed by atoms with Crippen molar-refractivity contribution in [1.82, 2.24) is 25.4 Å². The van der Waals surface area contributed by atoms with Gasteiger partial charge in [-0.1, -0.05) is 35.9 Å². The molecular weight excluding hydrogens is 288 g/mol. The molecule has 0 unspecified atom stereocenters. The van der Waals surface area contributed by atoms with Crippen molar-refractivity contribution < 1.29 is 0 Å². The lowest BCUT2D eigenvalue weighted by Gasteiger charge is -2.11. The second-order valence-corrected chi connectivity index (χ2v) is 5.40. The molecule has 0 saturated carbocycles. The average molecular weight is 312 g/mol. The maximum atomic E-state index is 4.60. The number of hydrogen-bond acceptors (Lipinski definition) is 3. The molecule has 1 aromatic carbocycles. The molecule has 0 saturated heterocycles. The van der Waals surface area contributed by atoms with Gasteiger partial charge in [-0.15, -0.1) is 16.8 Å². The van der Waals surface area contributed by atoms with Crippen molar-refractivity contribution in [3.8, 4) is 0 Å². The van der Waals surface area contributed by atoms with Crippen molar-refractivity contribution in [1.29, 1.82) is 0 Å². The molecule has 6 nitrogen and oxygen atoms in total. The van der Waals surface area contributed by atoms with Gasteiger partial charge in [-0.2, -0.15) is 0 Å². The molecule has 0 aliphatic rings. The smallest absolute Gasteiger partial charge is 0.192 e. The summed E-state index contributed by atoms with van der Waals surface area (Å²) in [6, 6.07) is 8.38. The summed E-state index contributed by atoms with van der Waals surface area (Å²) in [5.74, 6) is 2.48. The topological polar surface area (TPSA) is 67.1 Å². The molecule has 0 amide bonds. The molecule has 2 N–H and O–H groups in total. The van der Waals surface area contributed by atoms with Crippen molar-refractivity contribution in [2.24, 2.45) is 12.0 Å². The van der Waals surface area contributed by atoms with Crippen LogP contribution >= 0.6 is 0 Å². The van der Waals surface area contributed by atoms with Gasteiger partial charge in [-0.25, -0.2) is 4.99 Å². The lowest BCUT2D eigenvalue weighted by molar-refractivity contribution is 0.721. The molecule has 23 heavy (non-hydrogen) atoms. The Hall–Kier alpha value is -2.63. The van der Waals surface area contributed by atoms with Crippen LogP contribution in [0.2, 0.25) is 0 Å². The third-order valence-corrected chi connectivity index (χ3v) is 3.55. The minimum Gasteiger partial charge on any atom is -0.353 e. The van der Waals surface area contributed by atoms with E-state index in [2.05, 4.69) is 63.6 Å². The summed E-state index contributed by atoms with van der Waals surface area (Å²) in [5, 5.41) is 14.7. The van der Waals surface area contributed by atoms with Gasteiger partial charge in [-0.3, -0.25) is 0 Å². The van der Waals surface area contributed by atoms with Gasteiger partial charge in [0.15, 0.2) is 11.8 Å². The van der Waals surface area contributed by atoms with Gasteiger partial charge in [0.1, 0.15) is 5.82 Å². The van der Waals surface area contributed by atoms with Gasteiger partial charge in [0, 0.05) is 13.6 Å². The van der Waals surface area contributed by atoms with E-state index in [-0.39, 0.29) is 0 Å². The van der Waals surface area contributed by atoms with E-state index in [1.54, 1.807) is 6.08 Å². The monoisotopic (exact) mass is 312 g/mol. The lowest BCUT2D eigenvalue weighted by atomic mass is 10.1. The van der Waals surface area contributed by atoms with E-state index in [0.717, 1.165) is 17.6 Å². The number of nitrogens with zero attached hydrogens (tertiary/aromatic N) is 4. The van der Waals surface area contributed by atoms with E-state index in [1.165, 1.54) is 11.1 Å². The number of guanidine groups is 1. The Morgan fingerprint density at radius 1 is 1.22 bits per heavy atom. The summed E-state index contributed by atoms with van der Waals surface area (Å²) < 4.78 is 1.96. The van der Waals surface area contributed by atoms with Gasteiger partial charge in [0.2, 0.25) is 0 Å². The molecule has 0 aliphatic carbocycles. The lowest BCUT2D eigenvalue weighted by Crippen LogP contribution is -2.37. The summed E-state index contributed by atoms with van der Waals surface area (Å²) >= 11 is 0. The average Bonchev–Trinajstić information content (AvgIpc) is 2.87. The second kappa shape index (κ2) is 8.12. The van der Waals surface area contributed by atoms with Crippen LogP contribution in [0.5, 0.6) is 0 Å². The van der Waals surface area contributed by atoms with Gasteiger partial charge in [-0.05, 0) is 19.4 Å². The van der Waals surface area contributed by atoms with Crippen LogP contribution < -0.4 is 10.6 Å². The molecule has 2 rings (SSSR count). The van der Waals surface area contributed by atoms with Crippen molar-refractivity contribution in [3.63, 3.8) is 0 Å². The normalized spacial score (nSPS) is 11.3. The Kier molecular flexibility index (Phi) is 5.91. The van der Waals surface area contributed by atoms with E-state index in [1.807, 2.05) is 18.5 Å². The van der Waals surface area contributed by atoms with Crippen LogP contribution in [0, 0.1) is 13.8 Å². The quantitative estimate of drug-likeness (QED) is 0.485. The maximum absolute atomic E-state index is 4.60. The Morgan fingerprint density at radius 2 is 1.96 bits per heavy atom. The summed E-state index contributed by atoms with van der Waals surface area (Å²) in [6.07, 6.45) is 1.80. The minimum atomic E-state index is 0.564. The molecule has 0 aliphatic heterocycles. The van der Waals surface area contributed by atoms with E-state index in [0.29, 0.717) is 19.6 Å². The van der Waals surface area contributed by atoms with Crippen LogP contribution in [0.3, 0.4) is 0 Å². The zero-order valence-electron chi connectivity index (χ0n) is 14.0. The van der Waals surface area contributed by atoms with E-state index in [9.17, 15) is 0 Å². The Bertz CT molecular complexity index is 669. The van der Waals surface area contributed by atoms with Gasteiger partial charge in [0.25, 0.3) is 0 Å². The number of nitrogens with one attached hydrogen (secondary N) is 2. The highest BCUT2D eigenvalue weighted by molar-refractivity contribution is 5.79. The molecule has 0 spiro atoms. The van der Waals surface area contributed by atoms with Gasteiger partial charge < -0.3 is 15.2 Å². The number of hydrogen-bond donors (Lipinski definition) is 2. The Morgan fingerprint density at radius 3 is 2.57 bits per heavy atom. The Balaban J connectivity index is 2.00. The molecule has 0 radical (unpaired) electrons. The standard InChI is InChI=1S/C17H24N6/c1-5-10-18-17(19-11-15-8-6-13(2)7-9-15)20-12-16-22-21-14(3)23(16)4/h5-9H,1,10-12H2,2-4H3,(H2,18,19,20). The molecule has 0 bridgehead atoms. The molecule has 6 heteroatoms. The van der Waals surface area contributed by atoms with E-state index in [4.69, 9.17) is 0 Å². The number of aromatic nitrogens is 3. The minimum absolute atomic E-state index is 0.564. The van der Waals surface area contributed by atoms with Gasteiger partial charge in [0.05, 0.1) is 13.1 Å². The molecular formula is C17H24N6. The Labute approximate surface area is 137 Å². The van der Waals surface area contributed by atoms with Gasteiger partial charge >= 0.3 is 0 Å². The third-order valence-electron chi connectivity index (χ3n) is 3.55. The van der Waals surface area contributed by atoms with E-state index >= 15 is 0 Å².